The Morgan fingerprint density at radius 2 is 2.12 bits per heavy atom. The van der Waals surface area contributed by atoms with Gasteiger partial charge in [0.2, 0.25) is 0 Å². The second-order valence-corrected chi connectivity index (χ2v) is 3.70. The van der Waals surface area contributed by atoms with Crippen molar-refractivity contribution in [1.29, 1.82) is 0 Å². The molecular formula is C9H12BrFN4O. The van der Waals surface area contributed by atoms with E-state index >= 15 is 0 Å². The van der Waals surface area contributed by atoms with Crippen LogP contribution in [0.5, 0.6) is 0 Å². The summed E-state index contributed by atoms with van der Waals surface area (Å²) in [5, 5.41) is 1.88. The highest BCUT2D eigenvalue weighted by Gasteiger charge is 2.18. The number of carbonyl (C=O) groups excluding carboxylic acids is 1. The van der Waals surface area contributed by atoms with Gasteiger partial charge in [-0.1, -0.05) is 22.0 Å². The lowest BCUT2D eigenvalue weighted by molar-refractivity contribution is 0.216. The molecule has 0 fully saturated rings. The molecule has 0 heterocycles. The molecule has 2 amide bonds. The Kier molecular flexibility index (Phi) is 4.22. The number of rotatable bonds is 2. The zero-order valence-corrected chi connectivity index (χ0v) is 10.2. The summed E-state index contributed by atoms with van der Waals surface area (Å²) in [6, 6.07) is 3.68. The fourth-order valence-corrected chi connectivity index (χ4v) is 1.73. The predicted octanol–water partition coefficient (Wildman–Crippen LogP) is 1.33. The normalized spacial score (nSPS) is 10.1. The fourth-order valence-electron chi connectivity index (χ4n) is 1.18. The molecule has 0 unspecified atom stereocenters. The Bertz CT molecular complexity index is 399. The van der Waals surface area contributed by atoms with Crippen molar-refractivity contribution in [2.24, 2.45) is 11.7 Å². The van der Waals surface area contributed by atoms with Crippen LogP contribution in [0.2, 0.25) is 0 Å². The maximum atomic E-state index is 13.4. The molecule has 0 bridgehead atoms. The van der Waals surface area contributed by atoms with Gasteiger partial charge in [-0.3, -0.25) is 5.01 Å². The summed E-state index contributed by atoms with van der Waals surface area (Å²) in [4.78, 5) is 11.5. The number of hydrazine groups is 2. The topological polar surface area (TPSA) is 75.6 Å². The zero-order valence-electron chi connectivity index (χ0n) is 8.65. The van der Waals surface area contributed by atoms with Gasteiger partial charge in [0.25, 0.3) is 0 Å². The monoisotopic (exact) mass is 290 g/mol. The van der Waals surface area contributed by atoms with Crippen molar-refractivity contribution in [3.8, 4) is 0 Å². The van der Waals surface area contributed by atoms with E-state index < -0.39 is 11.8 Å². The maximum absolute atomic E-state index is 13.4. The first-order chi connectivity index (χ1) is 7.49. The Balaban J connectivity index is 3.13. The predicted molar refractivity (Wildman–Crippen MR) is 63.0 cm³/mol. The minimum atomic E-state index is -0.632. The van der Waals surface area contributed by atoms with Crippen LogP contribution in [0, 0.1) is 5.82 Å². The number of nitrogens with zero attached hydrogens (tertiary/aromatic N) is 2. The van der Waals surface area contributed by atoms with E-state index in [0.29, 0.717) is 5.56 Å². The highest BCUT2D eigenvalue weighted by Crippen LogP contribution is 2.24. The van der Waals surface area contributed by atoms with Crippen LogP contribution in [0.1, 0.15) is 5.56 Å². The van der Waals surface area contributed by atoms with E-state index in [0.717, 1.165) is 10.0 Å². The van der Waals surface area contributed by atoms with Gasteiger partial charge in [-0.15, -0.1) is 0 Å². The molecule has 0 radical (unpaired) electrons. The number of benzene rings is 1. The number of amides is 2. The van der Waals surface area contributed by atoms with Crippen LogP contribution in [0.4, 0.5) is 14.9 Å². The molecule has 0 spiro atoms. The minimum absolute atomic E-state index is 0.254. The second kappa shape index (κ2) is 5.24. The standard InChI is InChI=1S/C9H12BrFN4O/c1-14(12)9(16)15(13)8-4-2-3-7(11)6(8)5-10/h2-4H,5,12-13H2,1H3. The molecule has 4 N–H and O–H groups in total. The number of anilines is 1. The van der Waals surface area contributed by atoms with E-state index in [1.165, 1.54) is 19.2 Å². The SMILES string of the molecule is CN(N)C(=O)N(N)c1cccc(F)c1CBr. The van der Waals surface area contributed by atoms with E-state index in [9.17, 15) is 9.18 Å². The molecule has 0 aromatic heterocycles. The van der Waals surface area contributed by atoms with Gasteiger partial charge in [-0.05, 0) is 12.1 Å². The van der Waals surface area contributed by atoms with Crippen molar-refractivity contribution in [2.45, 2.75) is 5.33 Å². The third-order valence-corrected chi connectivity index (χ3v) is 2.56. The van der Waals surface area contributed by atoms with Crippen LogP contribution in [0.3, 0.4) is 0 Å². The molecule has 0 saturated heterocycles. The smallest absolute Gasteiger partial charge is 0.264 e. The van der Waals surface area contributed by atoms with E-state index in [1.54, 1.807) is 6.07 Å². The molecule has 0 aliphatic carbocycles. The Morgan fingerprint density at radius 3 is 2.62 bits per heavy atom. The third kappa shape index (κ3) is 2.49. The van der Waals surface area contributed by atoms with Crippen molar-refractivity contribution in [1.82, 2.24) is 5.01 Å². The zero-order chi connectivity index (χ0) is 12.3. The van der Waals surface area contributed by atoms with Gasteiger partial charge < -0.3 is 0 Å². The number of hydrogen-bond acceptors (Lipinski definition) is 3. The van der Waals surface area contributed by atoms with E-state index in [-0.39, 0.29) is 11.0 Å². The van der Waals surface area contributed by atoms with Gasteiger partial charge in [0.1, 0.15) is 5.82 Å². The first kappa shape index (κ1) is 12.9. The third-order valence-electron chi connectivity index (χ3n) is 2.00. The summed E-state index contributed by atoms with van der Waals surface area (Å²) in [6.45, 7) is 0. The lowest BCUT2D eigenvalue weighted by atomic mass is 10.2. The van der Waals surface area contributed by atoms with Crippen molar-refractivity contribution >= 4 is 27.6 Å². The minimum Gasteiger partial charge on any atom is -0.264 e. The molecule has 0 aliphatic heterocycles. The molecule has 0 aliphatic rings. The molecule has 16 heavy (non-hydrogen) atoms. The summed E-state index contributed by atoms with van der Waals surface area (Å²) in [7, 11) is 1.36. The lowest BCUT2D eigenvalue weighted by Gasteiger charge is -2.22. The van der Waals surface area contributed by atoms with Gasteiger partial charge >= 0.3 is 6.03 Å². The van der Waals surface area contributed by atoms with Gasteiger partial charge in [0, 0.05) is 17.9 Å². The molecule has 5 nitrogen and oxygen atoms in total. The van der Waals surface area contributed by atoms with E-state index in [4.69, 9.17) is 11.7 Å². The van der Waals surface area contributed by atoms with Crippen molar-refractivity contribution in [2.75, 3.05) is 12.1 Å². The maximum Gasteiger partial charge on any atom is 0.352 e. The molecule has 7 heteroatoms. The molecule has 1 aromatic carbocycles. The van der Waals surface area contributed by atoms with Crippen LogP contribution < -0.4 is 16.7 Å². The number of alkyl halides is 1. The van der Waals surface area contributed by atoms with Crippen LogP contribution in [-0.4, -0.2) is 18.1 Å². The summed E-state index contributed by atoms with van der Waals surface area (Å²) in [6.07, 6.45) is 0. The summed E-state index contributed by atoms with van der Waals surface area (Å²) < 4.78 is 13.4. The number of carbonyl (C=O) groups is 1. The van der Waals surface area contributed by atoms with Crippen LogP contribution in [0.25, 0.3) is 0 Å². The molecular weight excluding hydrogens is 279 g/mol. The highest BCUT2D eigenvalue weighted by atomic mass is 79.9. The Morgan fingerprint density at radius 1 is 1.50 bits per heavy atom. The fraction of sp³-hybridized carbons (Fsp3) is 0.222. The average Bonchev–Trinajstić information content (AvgIpc) is 2.26. The number of urea groups is 1. The van der Waals surface area contributed by atoms with Crippen molar-refractivity contribution < 1.29 is 9.18 Å². The van der Waals surface area contributed by atoms with Crippen molar-refractivity contribution in [3.05, 3.63) is 29.6 Å². The average molecular weight is 291 g/mol. The van der Waals surface area contributed by atoms with Gasteiger partial charge in [0.05, 0.1) is 5.69 Å². The van der Waals surface area contributed by atoms with Gasteiger partial charge in [0.15, 0.2) is 0 Å². The van der Waals surface area contributed by atoms with E-state index in [2.05, 4.69) is 15.9 Å². The first-order valence-corrected chi connectivity index (χ1v) is 5.51. The largest absolute Gasteiger partial charge is 0.352 e. The second-order valence-electron chi connectivity index (χ2n) is 3.13. The molecule has 0 atom stereocenters. The van der Waals surface area contributed by atoms with Gasteiger partial charge in [-0.25, -0.2) is 25.9 Å². The summed E-state index contributed by atoms with van der Waals surface area (Å²) in [5.74, 6) is 10.4. The molecule has 0 saturated carbocycles. The molecule has 1 rings (SSSR count). The van der Waals surface area contributed by atoms with Crippen LogP contribution >= 0.6 is 15.9 Å². The van der Waals surface area contributed by atoms with Crippen LogP contribution in [0.15, 0.2) is 18.2 Å². The highest BCUT2D eigenvalue weighted by molar-refractivity contribution is 9.08. The Labute approximate surface area is 101 Å². The van der Waals surface area contributed by atoms with Crippen molar-refractivity contribution in [3.63, 3.8) is 0 Å². The Hall–Kier alpha value is -1.18. The van der Waals surface area contributed by atoms with E-state index in [1.807, 2.05) is 0 Å². The summed E-state index contributed by atoms with van der Waals surface area (Å²) >= 11 is 3.14. The quantitative estimate of drug-likeness (QED) is 0.373. The number of nitrogens with two attached hydrogens (primary N) is 2. The van der Waals surface area contributed by atoms with Crippen LogP contribution in [-0.2, 0) is 5.33 Å². The molecule has 88 valence electrons. The summed E-state index contributed by atoms with van der Waals surface area (Å²) in [5.41, 5.74) is 0.583. The first-order valence-electron chi connectivity index (χ1n) is 4.39. The number of halogens is 2. The number of hydrogen-bond donors (Lipinski definition) is 2. The molecule has 1 aromatic rings. The van der Waals surface area contributed by atoms with Gasteiger partial charge in [-0.2, -0.15) is 0 Å². The lowest BCUT2D eigenvalue weighted by Crippen LogP contribution is -2.49.